The maximum Gasteiger partial charge on any atom is 0.339 e. The number of fused-ring (bicyclic) bond motifs is 2. The molecule has 0 aliphatic heterocycles. The number of carbonyl (C=O) groups is 1. The molecule has 0 spiro atoms. The van der Waals surface area contributed by atoms with Crippen molar-refractivity contribution in [3.8, 4) is 22.2 Å². The smallest absolute Gasteiger partial charge is 0.339 e. The van der Waals surface area contributed by atoms with E-state index in [1.54, 1.807) is 28.9 Å². The second-order valence-corrected chi connectivity index (χ2v) is 9.12. The Morgan fingerprint density at radius 2 is 2.00 bits per heavy atom. The van der Waals surface area contributed by atoms with Gasteiger partial charge < -0.3 is 14.5 Å². The van der Waals surface area contributed by atoms with Crippen LogP contribution in [0, 0.1) is 13.8 Å². The van der Waals surface area contributed by atoms with E-state index in [0.29, 0.717) is 11.3 Å². The Labute approximate surface area is 180 Å². The molecule has 0 saturated heterocycles. The first-order valence-corrected chi connectivity index (χ1v) is 10.9. The zero-order valence-corrected chi connectivity index (χ0v) is 18.1. The molecule has 0 amide bonds. The van der Waals surface area contributed by atoms with Crippen LogP contribution in [0.3, 0.4) is 0 Å². The van der Waals surface area contributed by atoms with E-state index in [0.717, 1.165) is 47.3 Å². The summed E-state index contributed by atoms with van der Waals surface area (Å²) >= 11 is 3.14. The molecule has 150 valence electrons. The van der Waals surface area contributed by atoms with Crippen LogP contribution in [0.25, 0.3) is 31.0 Å². The van der Waals surface area contributed by atoms with Crippen LogP contribution in [0.1, 0.15) is 20.9 Å². The lowest BCUT2D eigenvalue weighted by Crippen LogP contribution is -2.01. The highest BCUT2D eigenvalue weighted by Crippen LogP contribution is 2.40. The molecule has 0 bridgehead atoms. The summed E-state index contributed by atoms with van der Waals surface area (Å²) in [5.41, 5.74) is 2.42. The summed E-state index contributed by atoms with van der Waals surface area (Å²) in [6.07, 6.45) is 3.62. The van der Waals surface area contributed by atoms with E-state index < -0.39 is 0 Å². The summed E-state index contributed by atoms with van der Waals surface area (Å²) < 4.78 is 13.1. The van der Waals surface area contributed by atoms with E-state index in [4.69, 9.17) is 9.47 Å². The summed E-state index contributed by atoms with van der Waals surface area (Å²) in [5, 5.41) is 0.878. The number of pyridine rings is 1. The molecule has 5 rings (SSSR count). The molecule has 5 aromatic rings. The van der Waals surface area contributed by atoms with Crippen molar-refractivity contribution in [2.75, 3.05) is 7.11 Å². The Morgan fingerprint density at radius 3 is 2.77 bits per heavy atom. The normalized spacial score (nSPS) is 11.3. The standard InChI is InChI=1S/C22H17N3O3S2/c1-11-10-24-21(25-11)18-9-15-20(30-18)16(6-7-23-15)28-13-4-5-14-17(8-13)29-12(2)19(14)22(26)27-3/h4-10H,1-3H3,(H,24,25). The number of esters is 1. The van der Waals surface area contributed by atoms with Gasteiger partial charge in [0.25, 0.3) is 0 Å². The van der Waals surface area contributed by atoms with Gasteiger partial charge in [0.05, 0.1) is 33.5 Å². The van der Waals surface area contributed by atoms with Gasteiger partial charge in [-0.1, -0.05) is 0 Å². The summed E-state index contributed by atoms with van der Waals surface area (Å²) in [5.74, 6) is 1.95. The minimum absolute atomic E-state index is 0.317. The van der Waals surface area contributed by atoms with Crippen LogP contribution >= 0.6 is 22.7 Å². The van der Waals surface area contributed by atoms with Crippen LogP contribution in [0.15, 0.2) is 42.7 Å². The number of aromatic nitrogens is 3. The van der Waals surface area contributed by atoms with Gasteiger partial charge in [-0.2, -0.15) is 0 Å². The van der Waals surface area contributed by atoms with Gasteiger partial charge in [0.15, 0.2) is 0 Å². The van der Waals surface area contributed by atoms with Crippen molar-refractivity contribution in [1.29, 1.82) is 0 Å². The number of nitrogens with zero attached hydrogens (tertiary/aromatic N) is 2. The topological polar surface area (TPSA) is 77.1 Å². The van der Waals surface area contributed by atoms with Crippen LogP contribution in [-0.4, -0.2) is 28.0 Å². The minimum Gasteiger partial charge on any atom is -0.465 e. The number of imidazole rings is 1. The molecule has 6 nitrogen and oxygen atoms in total. The van der Waals surface area contributed by atoms with Gasteiger partial charge in [0.2, 0.25) is 0 Å². The molecule has 0 aliphatic carbocycles. The van der Waals surface area contributed by atoms with Gasteiger partial charge in [-0.05, 0) is 38.1 Å². The van der Waals surface area contributed by atoms with Gasteiger partial charge in [0.1, 0.15) is 17.3 Å². The van der Waals surface area contributed by atoms with Gasteiger partial charge in [0, 0.05) is 33.4 Å². The van der Waals surface area contributed by atoms with Crippen molar-refractivity contribution in [3.63, 3.8) is 0 Å². The maximum absolute atomic E-state index is 12.1. The van der Waals surface area contributed by atoms with Crippen molar-refractivity contribution in [2.45, 2.75) is 13.8 Å². The average Bonchev–Trinajstić information content (AvgIpc) is 3.43. The number of hydrogen-bond donors (Lipinski definition) is 1. The summed E-state index contributed by atoms with van der Waals surface area (Å²) in [4.78, 5) is 26.2. The molecule has 4 aromatic heterocycles. The zero-order chi connectivity index (χ0) is 20.8. The molecule has 1 aromatic carbocycles. The molecule has 0 radical (unpaired) electrons. The number of methoxy groups -OCH3 is 1. The third kappa shape index (κ3) is 3.14. The van der Waals surface area contributed by atoms with E-state index in [1.807, 2.05) is 50.4 Å². The molecule has 1 N–H and O–H groups in total. The molecular formula is C22H17N3O3S2. The van der Waals surface area contributed by atoms with Crippen molar-refractivity contribution >= 4 is 48.9 Å². The maximum atomic E-state index is 12.1. The molecule has 4 heterocycles. The predicted octanol–water partition coefficient (Wildman–Crippen LogP) is 6.10. The van der Waals surface area contributed by atoms with Crippen molar-refractivity contribution < 1.29 is 14.3 Å². The second kappa shape index (κ2) is 7.23. The SMILES string of the molecule is COC(=O)c1c(C)sc2cc(Oc3ccnc4cc(-c5nc(C)c[nH]5)sc34)ccc12. The molecule has 30 heavy (non-hydrogen) atoms. The molecule has 0 aliphatic rings. The molecule has 8 heteroatoms. The van der Waals surface area contributed by atoms with Crippen LogP contribution in [0.2, 0.25) is 0 Å². The van der Waals surface area contributed by atoms with Crippen LogP contribution < -0.4 is 4.74 Å². The Bertz CT molecular complexity index is 1410. The third-order valence-electron chi connectivity index (χ3n) is 4.77. The van der Waals surface area contributed by atoms with Gasteiger partial charge in [-0.25, -0.2) is 9.78 Å². The number of ether oxygens (including phenoxy) is 2. The second-order valence-electron chi connectivity index (χ2n) is 6.81. The van der Waals surface area contributed by atoms with Gasteiger partial charge >= 0.3 is 5.97 Å². The van der Waals surface area contributed by atoms with Crippen LogP contribution in [0.4, 0.5) is 0 Å². The van der Waals surface area contributed by atoms with E-state index in [2.05, 4.69) is 15.0 Å². The third-order valence-corrected chi connectivity index (χ3v) is 6.98. The number of aryl methyl sites for hydroxylation is 2. The number of hydrogen-bond acceptors (Lipinski definition) is 7. The fourth-order valence-electron chi connectivity index (χ4n) is 3.40. The van der Waals surface area contributed by atoms with Crippen molar-refractivity contribution in [2.24, 2.45) is 0 Å². The van der Waals surface area contributed by atoms with E-state index >= 15 is 0 Å². The Kier molecular flexibility index (Phi) is 4.52. The quantitative estimate of drug-likeness (QED) is 0.345. The van der Waals surface area contributed by atoms with Crippen LogP contribution in [0.5, 0.6) is 11.5 Å². The summed E-state index contributed by atoms with van der Waals surface area (Å²) in [6, 6.07) is 9.61. The van der Waals surface area contributed by atoms with Gasteiger partial charge in [-0.3, -0.25) is 4.98 Å². The lowest BCUT2D eigenvalue weighted by molar-refractivity contribution is 0.0603. The first-order chi connectivity index (χ1) is 14.5. The molecule has 0 saturated carbocycles. The number of rotatable bonds is 4. The highest BCUT2D eigenvalue weighted by atomic mass is 32.1. The number of H-pyrrole nitrogens is 1. The van der Waals surface area contributed by atoms with E-state index in [-0.39, 0.29) is 5.97 Å². The largest absolute Gasteiger partial charge is 0.465 e. The first-order valence-electron chi connectivity index (χ1n) is 9.24. The minimum atomic E-state index is -0.317. The Hall–Kier alpha value is -3.23. The zero-order valence-electron chi connectivity index (χ0n) is 16.5. The predicted molar refractivity (Wildman–Crippen MR) is 120 cm³/mol. The highest BCUT2D eigenvalue weighted by molar-refractivity contribution is 7.22. The Balaban J connectivity index is 1.53. The fourth-order valence-corrected chi connectivity index (χ4v) is 5.50. The summed E-state index contributed by atoms with van der Waals surface area (Å²) in [6.45, 7) is 3.88. The average molecular weight is 436 g/mol. The number of benzene rings is 1. The van der Waals surface area contributed by atoms with E-state index in [1.165, 1.54) is 7.11 Å². The number of aromatic amines is 1. The number of carbonyl (C=O) groups excluding carboxylic acids is 1. The fraction of sp³-hybridized carbons (Fsp3) is 0.136. The molecule has 0 unspecified atom stereocenters. The summed E-state index contributed by atoms with van der Waals surface area (Å²) in [7, 11) is 1.40. The molecule has 0 atom stereocenters. The van der Waals surface area contributed by atoms with E-state index in [9.17, 15) is 4.79 Å². The molecular weight excluding hydrogens is 418 g/mol. The number of thiophene rings is 2. The first kappa shape index (κ1) is 18.8. The highest BCUT2D eigenvalue weighted by Gasteiger charge is 2.18. The molecule has 0 fully saturated rings. The lowest BCUT2D eigenvalue weighted by atomic mass is 10.1. The van der Waals surface area contributed by atoms with Gasteiger partial charge in [-0.15, -0.1) is 22.7 Å². The van der Waals surface area contributed by atoms with Crippen LogP contribution in [-0.2, 0) is 4.74 Å². The Morgan fingerprint density at radius 1 is 1.13 bits per heavy atom. The van der Waals surface area contributed by atoms with Crippen molar-refractivity contribution in [1.82, 2.24) is 15.0 Å². The monoisotopic (exact) mass is 435 g/mol. The lowest BCUT2D eigenvalue weighted by Gasteiger charge is -2.07. The van der Waals surface area contributed by atoms with Crippen molar-refractivity contribution in [3.05, 3.63) is 58.9 Å². The number of nitrogens with one attached hydrogen (secondary N) is 1.